The van der Waals surface area contributed by atoms with Crippen molar-refractivity contribution in [3.63, 3.8) is 0 Å². The number of fused-ring (bicyclic) bond motifs is 2. The Kier molecular flexibility index (Phi) is 4.31. The first-order chi connectivity index (χ1) is 13.0. The van der Waals surface area contributed by atoms with Crippen molar-refractivity contribution in [3.05, 3.63) is 63.1 Å². The van der Waals surface area contributed by atoms with Crippen molar-refractivity contribution in [3.8, 4) is 0 Å². The Labute approximate surface area is 154 Å². The zero-order valence-corrected chi connectivity index (χ0v) is 14.6. The smallest absolute Gasteiger partial charge is 0.267 e. The SMILES string of the molecule is O=C(CN1C(=O)c2ccccc2C1=O)NCCn1nc2c(cc1=O)CCC2. The van der Waals surface area contributed by atoms with Gasteiger partial charge in [0.25, 0.3) is 17.4 Å². The van der Waals surface area contributed by atoms with E-state index in [9.17, 15) is 19.2 Å². The van der Waals surface area contributed by atoms with E-state index in [-0.39, 0.29) is 25.2 Å². The molecule has 2 aromatic rings. The van der Waals surface area contributed by atoms with E-state index in [1.165, 1.54) is 4.68 Å². The quantitative estimate of drug-likeness (QED) is 0.759. The average molecular weight is 366 g/mol. The fourth-order valence-electron chi connectivity index (χ4n) is 3.48. The van der Waals surface area contributed by atoms with Crippen LogP contribution in [-0.2, 0) is 24.2 Å². The molecule has 1 aliphatic carbocycles. The zero-order valence-electron chi connectivity index (χ0n) is 14.6. The summed E-state index contributed by atoms with van der Waals surface area (Å²) in [7, 11) is 0. The highest BCUT2D eigenvalue weighted by Crippen LogP contribution is 2.21. The van der Waals surface area contributed by atoms with Gasteiger partial charge in [-0.2, -0.15) is 5.10 Å². The van der Waals surface area contributed by atoms with Crippen LogP contribution in [0.4, 0.5) is 0 Å². The summed E-state index contributed by atoms with van der Waals surface area (Å²) < 4.78 is 1.34. The zero-order chi connectivity index (χ0) is 19.0. The van der Waals surface area contributed by atoms with Gasteiger partial charge in [-0.1, -0.05) is 12.1 Å². The highest BCUT2D eigenvalue weighted by molar-refractivity contribution is 6.22. The maximum atomic E-state index is 12.3. The molecule has 0 bridgehead atoms. The van der Waals surface area contributed by atoms with Crippen molar-refractivity contribution in [2.24, 2.45) is 0 Å². The molecule has 0 atom stereocenters. The fourth-order valence-corrected chi connectivity index (χ4v) is 3.48. The molecular weight excluding hydrogens is 348 g/mol. The number of carbonyl (C=O) groups is 3. The molecule has 4 rings (SSSR count). The van der Waals surface area contributed by atoms with E-state index in [1.54, 1.807) is 30.3 Å². The molecule has 1 N–H and O–H groups in total. The van der Waals surface area contributed by atoms with Crippen molar-refractivity contribution in [2.75, 3.05) is 13.1 Å². The van der Waals surface area contributed by atoms with Gasteiger partial charge in [0.1, 0.15) is 6.54 Å². The molecule has 8 nitrogen and oxygen atoms in total. The second kappa shape index (κ2) is 6.79. The van der Waals surface area contributed by atoms with Gasteiger partial charge >= 0.3 is 0 Å². The van der Waals surface area contributed by atoms with Crippen LogP contribution >= 0.6 is 0 Å². The second-order valence-electron chi connectivity index (χ2n) is 6.62. The van der Waals surface area contributed by atoms with Crippen LogP contribution in [0.2, 0.25) is 0 Å². The number of aryl methyl sites for hydroxylation is 2. The Balaban J connectivity index is 1.34. The molecule has 0 unspecified atom stereocenters. The van der Waals surface area contributed by atoms with Gasteiger partial charge in [-0.05, 0) is 37.0 Å². The number of rotatable bonds is 5. The molecule has 27 heavy (non-hydrogen) atoms. The third-order valence-electron chi connectivity index (χ3n) is 4.85. The van der Waals surface area contributed by atoms with Crippen molar-refractivity contribution < 1.29 is 14.4 Å². The average Bonchev–Trinajstić information content (AvgIpc) is 3.20. The molecule has 1 aromatic heterocycles. The van der Waals surface area contributed by atoms with Gasteiger partial charge in [0, 0.05) is 12.6 Å². The first-order valence-electron chi connectivity index (χ1n) is 8.86. The number of carbonyl (C=O) groups excluding carboxylic acids is 3. The summed E-state index contributed by atoms with van der Waals surface area (Å²) in [6, 6.07) is 8.10. The number of benzene rings is 1. The Morgan fingerprint density at radius 1 is 1.07 bits per heavy atom. The lowest BCUT2D eigenvalue weighted by Gasteiger charge is -2.14. The summed E-state index contributed by atoms with van der Waals surface area (Å²) in [5.74, 6) is -1.40. The summed E-state index contributed by atoms with van der Waals surface area (Å²) in [5.41, 5.74) is 2.37. The van der Waals surface area contributed by atoms with Crippen LogP contribution in [0.3, 0.4) is 0 Å². The first kappa shape index (κ1) is 17.1. The van der Waals surface area contributed by atoms with Gasteiger partial charge in [0.15, 0.2) is 0 Å². The van der Waals surface area contributed by atoms with E-state index >= 15 is 0 Å². The molecular formula is C19H18N4O4. The van der Waals surface area contributed by atoms with Gasteiger partial charge in [-0.3, -0.25) is 24.1 Å². The Morgan fingerprint density at radius 3 is 2.48 bits per heavy atom. The summed E-state index contributed by atoms with van der Waals surface area (Å²) in [5, 5.41) is 6.97. The van der Waals surface area contributed by atoms with E-state index in [2.05, 4.69) is 10.4 Å². The maximum absolute atomic E-state index is 12.3. The number of aromatic nitrogens is 2. The molecule has 1 aromatic carbocycles. The topological polar surface area (TPSA) is 101 Å². The number of nitrogens with one attached hydrogen (secondary N) is 1. The molecule has 0 spiro atoms. The standard InChI is InChI=1S/C19H18N4O4/c24-16(11-22-18(26)13-5-1-2-6-14(13)19(22)27)20-8-9-23-17(25)10-12-4-3-7-15(12)21-23/h1-2,5-6,10H,3-4,7-9,11H2,(H,20,24). The Hall–Kier alpha value is -3.29. The molecule has 0 saturated carbocycles. The lowest BCUT2D eigenvalue weighted by atomic mass is 10.1. The third kappa shape index (κ3) is 3.14. The fraction of sp³-hybridized carbons (Fsp3) is 0.316. The number of hydrogen-bond acceptors (Lipinski definition) is 5. The van der Waals surface area contributed by atoms with E-state index < -0.39 is 17.7 Å². The van der Waals surface area contributed by atoms with Crippen LogP contribution in [0.25, 0.3) is 0 Å². The molecule has 1 aliphatic heterocycles. The number of amides is 3. The Morgan fingerprint density at radius 2 is 1.78 bits per heavy atom. The number of hydrogen-bond donors (Lipinski definition) is 1. The Bertz CT molecular complexity index is 976. The van der Waals surface area contributed by atoms with E-state index in [0.29, 0.717) is 11.1 Å². The van der Waals surface area contributed by atoms with Crippen LogP contribution in [0.1, 0.15) is 38.4 Å². The van der Waals surface area contributed by atoms with Gasteiger partial charge < -0.3 is 5.32 Å². The largest absolute Gasteiger partial charge is 0.353 e. The second-order valence-corrected chi connectivity index (χ2v) is 6.62. The molecule has 0 radical (unpaired) electrons. The molecule has 2 heterocycles. The minimum atomic E-state index is -0.470. The van der Waals surface area contributed by atoms with Gasteiger partial charge in [0.05, 0.1) is 23.4 Å². The molecule has 2 aliphatic rings. The van der Waals surface area contributed by atoms with Crippen molar-refractivity contribution in [1.82, 2.24) is 20.0 Å². The molecule has 0 fully saturated rings. The third-order valence-corrected chi connectivity index (χ3v) is 4.85. The summed E-state index contributed by atoms with van der Waals surface area (Å²) >= 11 is 0. The van der Waals surface area contributed by atoms with Gasteiger partial charge in [0.2, 0.25) is 5.91 Å². The predicted molar refractivity (Wildman–Crippen MR) is 95.3 cm³/mol. The number of imide groups is 1. The van der Waals surface area contributed by atoms with Crippen LogP contribution in [0.5, 0.6) is 0 Å². The molecule has 3 amide bonds. The summed E-state index contributed by atoms with van der Waals surface area (Å²) in [6.07, 6.45) is 2.75. The van der Waals surface area contributed by atoms with Crippen LogP contribution in [0, 0.1) is 0 Å². The minimum absolute atomic E-state index is 0.188. The minimum Gasteiger partial charge on any atom is -0.353 e. The van der Waals surface area contributed by atoms with Crippen molar-refractivity contribution in [2.45, 2.75) is 25.8 Å². The van der Waals surface area contributed by atoms with Gasteiger partial charge in [-0.15, -0.1) is 0 Å². The van der Waals surface area contributed by atoms with Gasteiger partial charge in [-0.25, -0.2) is 4.68 Å². The summed E-state index contributed by atoms with van der Waals surface area (Å²) in [4.78, 5) is 49.6. The van der Waals surface area contributed by atoms with Crippen LogP contribution in [0.15, 0.2) is 35.1 Å². The van der Waals surface area contributed by atoms with Crippen LogP contribution in [-0.4, -0.2) is 45.5 Å². The predicted octanol–water partition coefficient (Wildman–Crippen LogP) is 0.144. The maximum Gasteiger partial charge on any atom is 0.267 e. The highest BCUT2D eigenvalue weighted by atomic mass is 16.2. The van der Waals surface area contributed by atoms with Crippen LogP contribution < -0.4 is 10.9 Å². The lowest BCUT2D eigenvalue weighted by molar-refractivity contribution is -0.121. The first-order valence-corrected chi connectivity index (χ1v) is 8.86. The normalized spacial score (nSPS) is 15.0. The van der Waals surface area contributed by atoms with E-state index in [1.807, 2.05) is 0 Å². The number of nitrogens with zero attached hydrogens (tertiary/aromatic N) is 3. The lowest BCUT2D eigenvalue weighted by Crippen LogP contribution is -2.41. The highest BCUT2D eigenvalue weighted by Gasteiger charge is 2.36. The van der Waals surface area contributed by atoms with E-state index in [4.69, 9.17) is 0 Å². The van der Waals surface area contributed by atoms with Crippen molar-refractivity contribution >= 4 is 17.7 Å². The summed E-state index contributed by atoms with van der Waals surface area (Å²) in [6.45, 7) is 0.0759. The van der Waals surface area contributed by atoms with E-state index in [0.717, 1.165) is 35.4 Å². The monoisotopic (exact) mass is 366 g/mol. The molecule has 8 heteroatoms. The molecule has 0 saturated heterocycles. The van der Waals surface area contributed by atoms with Crippen molar-refractivity contribution in [1.29, 1.82) is 0 Å². The molecule has 138 valence electrons.